The van der Waals surface area contributed by atoms with Gasteiger partial charge in [-0.15, -0.1) is 0 Å². The molecule has 1 atom stereocenters. The summed E-state index contributed by atoms with van der Waals surface area (Å²) < 4.78 is 32.1. The molecule has 7 nitrogen and oxygen atoms in total. The number of nitrogens with one attached hydrogen (secondary N) is 1. The molecule has 0 aromatic heterocycles. The highest BCUT2D eigenvalue weighted by atomic mass is 32.2. The van der Waals surface area contributed by atoms with Crippen molar-refractivity contribution < 1.29 is 22.7 Å². The van der Waals surface area contributed by atoms with Crippen molar-refractivity contribution >= 4 is 27.6 Å². The Morgan fingerprint density at radius 2 is 1.48 bits per heavy atom. The van der Waals surface area contributed by atoms with Crippen molar-refractivity contribution in [3.05, 3.63) is 96.1 Å². The van der Waals surface area contributed by atoms with Crippen LogP contribution in [0.3, 0.4) is 0 Å². The van der Waals surface area contributed by atoms with E-state index in [0.717, 1.165) is 5.56 Å². The second-order valence-corrected chi connectivity index (χ2v) is 9.38. The summed E-state index contributed by atoms with van der Waals surface area (Å²) in [6, 6.07) is 23.8. The van der Waals surface area contributed by atoms with Crippen molar-refractivity contribution in [1.29, 1.82) is 0 Å². The van der Waals surface area contributed by atoms with E-state index in [0.29, 0.717) is 18.7 Å². The molecular formula is C25H26N2O5S. The summed E-state index contributed by atoms with van der Waals surface area (Å²) in [6.45, 7) is 1.91. The summed E-state index contributed by atoms with van der Waals surface area (Å²) in [6.07, 6.45) is -0.318. The first-order valence-electron chi connectivity index (χ1n) is 10.5. The normalized spacial score (nSPS) is 11.9. The maximum absolute atomic E-state index is 12.8. The molecule has 3 rings (SSSR count). The number of esters is 1. The Hall–Kier alpha value is -3.65. The standard InChI is InChI=1S/C25H26N2O5S/c1-19(24(28)26-18-17-20-9-5-3-6-10-20)32-25(29)21-13-15-23(16-14-21)33(30,31)27(2)22-11-7-4-8-12-22/h3-16,19H,17-18H2,1-2H3,(H,26,28). The molecule has 172 valence electrons. The van der Waals surface area contributed by atoms with Gasteiger partial charge in [-0.2, -0.15) is 0 Å². The van der Waals surface area contributed by atoms with Crippen LogP contribution in [0.4, 0.5) is 5.69 Å². The SMILES string of the molecule is CC(OC(=O)c1ccc(S(=O)(=O)N(C)c2ccccc2)cc1)C(=O)NCCc1ccccc1. The summed E-state index contributed by atoms with van der Waals surface area (Å²) in [7, 11) is -2.32. The lowest BCUT2D eigenvalue weighted by molar-refractivity contribution is -0.129. The second-order valence-electron chi connectivity index (χ2n) is 7.41. The van der Waals surface area contributed by atoms with Gasteiger partial charge in [-0.3, -0.25) is 9.10 Å². The minimum Gasteiger partial charge on any atom is -0.449 e. The van der Waals surface area contributed by atoms with Crippen molar-refractivity contribution in [3.63, 3.8) is 0 Å². The zero-order valence-corrected chi connectivity index (χ0v) is 19.3. The van der Waals surface area contributed by atoms with Gasteiger partial charge in [0.05, 0.1) is 16.1 Å². The van der Waals surface area contributed by atoms with E-state index in [1.54, 1.807) is 30.3 Å². The number of hydrogen-bond acceptors (Lipinski definition) is 5. The van der Waals surface area contributed by atoms with E-state index in [-0.39, 0.29) is 10.5 Å². The molecule has 3 aromatic carbocycles. The molecule has 0 aliphatic rings. The summed E-state index contributed by atoms with van der Waals surface area (Å²) in [4.78, 5) is 24.7. The third-order valence-electron chi connectivity index (χ3n) is 5.08. The van der Waals surface area contributed by atoms with E-state index in [4.69, 9.17) is 4.74 Å². The monoisotopic (exact) mass is 466 g/mol. The number of ether oxygens (including phenoxy) is 1. The number of nitrogens with zero attached hydrogens (tertiary/aromatic N) is 1. The summed E-state index contributed by atoms with van der Waals surface area (Å²) >= 11 is 0. The molecule has 0 heterocycles. The van der Waals surface area contributed by atoms with Crippen LogP contribution >= 0.6 is 0 Å². The molecule has 3 aromatic rings. The average molecular weight is 467 g/mol. The van der Waals surface area contributed by atoms with Gasteiger partial charge in [-0.25, -0.2) is 13.2 Å². The van der Waals surface area contributed by atoms with E-state index in [2.05, 4.69) is 5.32 Å². The van der Waals surface area contributed by atoms with Gasteiger partial charge >= 0.3 is 5.97 Å². The van der Waals surface area contributed by atoms with Gasteiger partial charge in [0.25, 0.3) is 15.9 Å². The number of sulfonamides is 1. The number of benzene rings is 3. The Labute approximate surface area is 194 Å². The number of hydrogen-bond donors (Lipinski definition) is 1. The number of rotatable bonds is 9. The first-order valence-corrected chi connectivity index (χ1v) is 11.9. The fourth-order valence-electron chi connectivity index (χ4n) is 3.10. The third kappa shape index (κ3) is 6.20. The number of anilines is 1. The highest BCUT2D eigenvalue weighted by Crippen LogP contribution is 2.22. The highest BCUT2D eigenvalue weighted by Gasteiger charge is 2.23. The Bertz CT molecular complexity index is 1180. The van der Waals surface area contributed by atoms with Crippen LogP contribution in [0.1, 0.15) is 22.8 Å². The first kappa shape index (κ1) is 24.0. The van der Waals surface area contributed by atoms with Gasteiger partial charge in [0.15, 0.2) is 6.10 Å². The van der Waals surface area contributed by atoms with Crippen molar-refractivity contribution in [2.45, 2.75) is 24.3 Å². The lowest BCUT2D eigenvalue weighted by Gasteiger charge is -2.19. The maximum atomic E-state index is 12.8. The molecular weight excluding hydrogens is 440 g/mol. The molecule has 0 spiro atoms. The van der Waals surface area contributed by atoms with Gasteiger partial charge in [0.1, 0.15) is 0 Å². The lowest BCUT2D eigenvalue weighted by atomic mass is 10.1. The molecule has 1 amide bonds. The molecule has 0 saturated carbocycles. The fraction of sp³-hybridized carbons (Fsp3) is 0.200. The van der Waals surface area contributed by atoms with Crippen molar-refractivity contribution in [2.24, 2.45) is 0 Å². The molecule has 33 heavy (non-hydrogen) atoms. The van der Waals surface area contributed by atoms with Crippen molar-refractivity contribution in [2.75, 3.05) is 17.9 Å². The molecule has 0 aliphatic carbocycles. The van der Waals surface area contributed by atoms with Crippen LogP contribution in [0.15, 0.2) is 89.8 Å². The van der Waals surface area contributed by atoms with Crippen LogP contribution in [-0.4, -0.2) is 40.0 Å². The topological polar surface area (TPSA) is 92.8 Å². The Morgan fingerprint density at radius 1 is 0.909 bits per heavy atom. The maximum Gasteiger partial charge on any atom is 0.338 e. The van der Waals surface area contributed by atoms with Crippen molar-refractivity contribution in [3.8, 4) is 0 Å². The minimum absolute atomic E-state index is 0.0390. The average Bonchev–Trinajstić information content (AvgIpc) is 2.84. The van der Waals surface area contributed by atoms with Crippen LogP contribution in [0.25, 0.3) is 0 Å². The van der Waals surface area contributed by atoms with Gasteiger partial charge in [0.2, 0.25) is 0 Å². The lowest BCUT2D eigenvalue weighted by Crippen LogP contribution is -2.36. The summed E-state index contributed by atoms with van der Waals surface area (Å²) in [5.41, 5.74) is 1.77. The zero-order valence-electron chi connectivity index (χ0n) is 18.5. The molecule has 0 saturated heterocycles. The smallest absolute Gasteiger partial charge is 0.338 e. The van der Waals surface area contributed by atoms with Crippen LogP contribution < -0.4 is 9.62 Å². The van der Waals surface area contributed by atoms with E-state index in [1.807, 2.05) is 30.3 Å². The number of para-hydroxylation sites is 1. The third-order valence-corrected chi connectivity index (χ3v) is 6.88. The van der Waals surface area contributed by atoms with Crippen molar-refractivity contribution in [1.82, 2.24) is 5.32 Å². The number of carbonyl (C=O) groups excluding carboxylic acids is 2. The summed E-state index contributed by atoms with van der Waals surface area (Å²) in [5, 5.41) is 2.74. The molecule has 0 aliphatic heterocycles. The Kier molecular flexibility index (Phi) is 7.84. The fourth-order valence-corrected chi connectivity index (χ4v) is 4.29. The largest absolute Gasteiger partial charge is 0.449 e. The first-order chi connectivity index (χ1) is 15.8. The van der Waals surface area contributed by atoms with Gasteiger partial charge in [0, 0.05) is 13.6 Å². The molecule has 0 bridgehead atoms. The molecule has 0 fully saturated rings. The van der Waals surface area contributed by atoms with Crippen LogP contribution in [0.2, 0.25) is 0 Å². The quantitative estimate of drug-likeness (QED) is 0.488. The van der Waals surface area contributed by atoms with E-state index in [1.165, 1.54) is 42.5 Å². The van der Waals surface area contributed by atoms with E-state index >= 15 is 0 Å². The van der Waals surface area contributed by atoms with Gasteiger partial charge in [-0.05, 0) is 55.3 Å². The van der Waals surface area contributed by atoms with Crippen LogP contribution in [-0.2, 0) is 26.0 Å². The van der Waals surface area contributed by atoms with Crippen LogP contribution in [0.5, 0.6) is 0 Å². The van der Waals surface area contributed by atoms with Crippen LogP contribution in [0, 0.1) is 0 Å². The number of carbonyl (C=O) groups is 2. The number of amides is 1. The zero-order chi connectivity index (χ0) is 23.8. The Morgan fingerprint density at radius 3 is 2.09 bits per heavy atom. The minimum atomic E-state index is -3.79. The highest BCUT2D eigenvalue weighted by molar-refractivity contribution is 7.92. The second kappa shape index (κ2) is 10.8. The van der Waals surface area contributed by atoms with E-state index in [9.17, 15) is 18.0 Å². The predicted molar refractivity (Wildman–Crippen MR) is 127 cm³/mol. The summed E-state index contributed by atoms with van der Waals surface area (Å²) in [5.74, 6) is -1.11. The van der Waals surface area contributed by atoms with Gasteiger partial charge < -0.3 is 10.1 Å². The molecule has 0 radical (unpaired) electrons. The van der Waals surface area contributed by atoms with Gasteiger partial charge in [-0.1, -0.05) is 48.5 Å². The molecule has 8 heteroatoms. The molecule has 1 unspecified atom stereocenters. The Balaban J connectivity index is 1.56. The molecule has 1 N–H and O–H groups in total. The predicted octanol–water partition coefficient (Wildman–Crippen LogP) is 3.42. The van der Waals surface area contributed by atoms with E-state index < -0.39 is 28.0 Å².